The van der Waals surface area contributed by atoms with Gasteiger partial charge in [-0.2, -0.15) is 0 Å². The molecule has 2 aromatic carbocycles. The van der Waals surface area contributed by atoms with Crippen molar-refractivity contribution in [3.05, 3.63) is 97.5 Å². The van der Waals surface area contributed by atoms with E-state index in [0.29, 0.717) is 35.2 Å². The first kappa shape index (κ1) is 22.3. The molecule has 170 valence electrons. The highest BCUT2D eigenvalue weighted by Crippen LogP contribution is 2.21. The molecular formula is C23H22ClN5O4. The van der Waals surface area contributed by atoms with Crippen LogP contribution < -0.4 is 21.7 Å². The van der Waals surface area contributed by atoms with Crippen molar-refractivity contribution in [3.8, 4) is 5.75 Å². The number of rotatable bonds is 6. The standard InChI is InChI=1S/C23H22ClN5O4/c1-2-28-22(31)27-21(29(23(28)32)14-15-3-5-16(24)6-4-15)26-17-7-9-18(10-8-17)33-19-11-12-25-20(30)13-19/h3-10,13H,2,11-12,14H2,1H3,(H,25,30)(H,26,27,31). The number of hydrogen-bond acceptors (Lipinski definition) is 5. The van der Waals surface area contributed by atoms with Gasteiger partial charge < -0.3 is 9.84 Å². The van der Waals surface area contributed by atoms with Gasteiger partial charge >= 0.3 is 11.4 Å². The topological polar surface area (TPSA) is 114 Å². The van der Waals surface area contributed by atoms with Crippen LogP contribution in [0.2, 0.25) is 5.02 Å². The molecule has 10 heteroatoms. The van der Waals surface area contributed by atoms with E-state index in [2.05, 4.69) is 15.0 Å². The third-order valence-electron chi connectivity index (χ3n) is 4.99. The highest BCUT2D eigenvalue weighted by atomic mass is 35.5. The Morgan fingerprint density at radius 3 is 2.52 bits per heavy atom. The van der Waals surface area contributed by atoms with Crippen molar-refractivity contribution in [2.75, 3.05) is 6.54 Å². The zero-order chi connectivity index (χ0) is 23.4. The van der Waals surface area contributed by atoms with Gasteiger partial charge in [0.05, 0.1) is 12.2 Å². The number of hydrogen-bond donors (Lipinski definition) is 2. The van der Waals surface area contributed by atoms with Gasteiger partial charge in [-0.25, -0.2) is 19.1 Å². The Balaban J connectivity index is 1.69. The van der Waals surface area contributed by atoms with E-state index >= 15 is 0 Å². The van der Waals surface area contributed by atoms with Crippen LogP contribution in [0, 0.1) is 0 Å². The molecular weight excluding hydrogens is 446 g/mol. The number of H-pyrrole nitrogens is 1. The van der Waals surface area contributed by atoms with E-state index in [-0.39, 0.29) is 24.6 Å². The Bertz CT molecular complexity index is 1400. The van der Waals surface area contributed by atoms with Gasteiger partial charge in [0.1, 0.15) is 11.5 Å². The molecule has 0 bridgehead atoms. The molecule has 1 aromatic heterocycles. The second-order valence-corrected chi connectivity index (χ2v) is 7.74. The van der Waals surface area contributed by atoms with Gasteiger partial charge in [0.15, 0.2) is 0 Å². The van der Waals surface area contributed by atoms with Crippen molar-refractivity contribution < 1.29 is 9.84 Å². The molecule has 4 rings (SSSR count). The van der Waals surface area contributed by atoms with Crippen molar-refractivity contribution >= 4 is 23.2 Å². The number of aromatic nitrogens is 3. The molecule has 0 fully saturated rings. The van der Waals surface area contributed by atoms with E-state index in [1.165, 1.54) is 10.6 Å². The summed E-state index contributed by atoms with van der Waals surface area (Å²) in [4.78, 5) is 36.4. The number of aromatic amines is 1. The van der Waals surface area contributed by atoms with Crippen LogP contribution in [0.25, 0.3) is 0 Å². The molecule has 9 nitrogen and oxygen atoms in total. The van der Waals surface area contributed by atoms with E-state index in [1.54, 1.807) is 43.3 Å². The van der Waals surface area contributed by atoms with E-state index in [9.17, 15) is 14.7 Å². The highest BCUT2D eigenvalue weighted by molar-refractivity contribution is 6.30. The van der Waals surface area contributed by atoms with E-state index < -0.39 is 11.4 Å². The average molecular weight is 468 g/mol. The fourth-order valence-corrected chi connectivity index (χ4v) is 3.45. The maximum atomic E-state index is 13.0. The summed E-state index contributed by atoms with van der Waals surface area (Å²) in [5, 5.41) is 10.1. The molecule has 3 aromatic rings. The lowest BCUT2D eigenvalue weighted by Crippen LogP contribution is -2.49. The van der Waals surface area contributed by atoms with Gasteiger partial charge in [-0.1, -0.05) is 23.7 Å². The van der Waals surface area contributed by atoms with Gasteiger partial charge in [-0.15, -0.1) is 0 Å². The molecule has 2 heterocycles. The molecule has 0 aliphatic carbocycles. The third kappa shape index (κ3) is 5.32. The Kier molecular flexibility index (Phi) is 6.60. The van der Waals surface area contributed by atoms with Crippen LogP contribution >= 0.6 is 11.6 Å². The zero-order valence-electron chi connectivity index (χ0n) is 17.9. The predicted molar refractivity (Wildman–Crippen MR) is 125 cm³/mol. The molecule has 1 aliphatic heterocycles. The predicted octanol–water partition coefficient (Wildman–Crippen LogP) is 2.92. The lowest BCUT2D eigenvalue weighted by molar-refractivity contribution is 0.399. The summed E-state index contributed by atoms with van der Waals surface area (Å²) in [6.45, 7) is 2.64. The van der Waals surface area contributed by atoms with Crippen LogP contribution in [-0.4, -0.2) is 31.7 Å². The number of aliphatic imine (C=N–C) groups is 1. The molecule has 0 unspecified atom stereocenters. The zero-order valence-corrected chi connectivity index (χ0v) is 18.6. The van der Waals surface area contributed by atoms with Gasteiger partial charge in [-0.05, 0) is 48.9 Å². The van der Waals surface area contributed by atoms with E-state index in [0.717, 1.165) is 10.1 Å². The first-order chi connectivity index (χ1) is 15.9. The van der Waals surface area contributed by atoms with Crippen molar-refractivity contribution in [3.63, 3.8) is 0 Å². The Hall–Kier alpha value is -3.85. The summed E-state index contributed by atoms with van der Waals surface area (Å²) in [5.74, 6) is 1.12. The molecule has 0 atom stereocenters. The minimum absolute atomic E-state index is 0.0566. The number of dihydropyridines is 1. The second kappa shape index (κ2) is 9.74. The summed E-state index contributed by atoms with van der Waals surface area (Å²) in [6, 6.07) is 14.0. The van der Waals surface area contributed by atoms with Crippen LogP contribution in [0.15, 0.2) is 79.9 Å². The summed E-state index contributed by atoms with van der Waals surface area (Å²) < 4.78 is 8.29. The van der Waals surface area contributed by atoms with E-state index in [4.69, 9.17) is 16.3 Å². The maximum absolute atomic E-state index is 13.0. The average Bonchev–Trinajstić information content (AvgIpc) is 2.79. The Morgan fingerprint density at radius 1 is 1.12 bits per heavy atom. The van der Waals surface area contributed by atoms with Gasteiger partial charge in [0, 0.05) is 30.6 Å². The molecule has 2 N–H and O–H groups in total. The lowest BCUT2D eigenvalue weighted by atomic mass is 10.2. The monoisotopic (exact) mass is 467 g/mol. The van der Waals surface area contributed by atoms with Crippen LogP contribution in [-0.2, 0) is 13.1 Å². The molecule has 0 saturated carbocycles. The van der Waals surface area contributed by atoms with Gasteiger partial charge in [-0.3, -0.25) is 14.5 Å². The van der Waals surface area contributed by atoms with E-state index in [1.807, 2.05) is 12.1 Å². The number of benzene rings is 2. The molecule has 0 radical (unpaired) electrons. The van der Waals surface area contributed by atoms with Crippen molar-refractivity contribution in [2.24, 2.45) is 9.98 Å². The lowest BCUT2D eigenvalue weighted by Gasteiger charge is -2.12. The summed E-state index contributed by atoms with van der Waals surface area (Å²) in [6.07, 6.45) is 2.07. The van der Waals surface area contributed by atoms with Crippen LogP contribution in [0.4, 0.5) is 5.69 Å². The normalized spacial score (nSPS) is 14.1. The number of nitrogens with one attached hydrogen (secondary N) is 1. The minimum Gasteiger partial charge on any atom is -0.493 e. The van der Waals surface area contributed by atoms with Crippen molar-refractivity contribution in [1.29, 1.82) is 0 Å². The second-order valence-electron chi connectivity index (χ2n) is 7.30. The number of ether oxygens (including phenoxy) is 1. The van der Waals surface area contributed by atoms with Crippen LogP contribution in [0.1, 0.15) is 18.9 Å². The van der Waals surface area contributed by atoms with Crippen LogP contribution in [0.3, 0.4) is 0 Å². The number of aliphatic hydroxyl groups is 1. The van der Waals surface area contributed by atoms with Crippen LogP contribution in [0.5, 0.6) is 5.75 Å². The fraction of sp³-hybridized carbons (Fsp3) is 0.217. The number of nitrogens with zero attached hydrogens (tertiary/aromatic N) is 4. The van der Waals surface area contributed by atoms with Gasteiger partial charge in [0.25, 0.3) is 0 Å². The quantitative estimate of drug-likeness (QED) is 0.580. The Labute approximate surface area is 193 Å². The van der Waals surface area contributed by atoms with Crippen molar-refractivity contribution in [1.82, 2.24) is 14.1 Å². The largest absolute Gasteiger partial charge is 0.493 e. The Morgan fingerprint density at radius 2 is 1.85 bits per heavy atom. The first-order valence-corrected chi connectivity index (χ1v) is 10.8. The number of halogens is 1. The van der Waals surface area contributed by atoms with Crippen molar-refractivity contribution in [2.45, 2.75) is 26.4 Å². The molecule has 0 amide bonds. The fourth-order valence-electron chi connectivity index (χ4n) is 3.32. The molecule has 0 saturated heterocycles. The highest BCUT2D eigenvalue weighted by Gasteiger charge is 2.10. The summed E-state index contributed by atoms with van der Waals surface area (Å²) in [5.41, 5.74) is 0.511. The molecule has 33 heavy (non-hydrogen) atoms. The summed E-state index contributed by atoms with van der Waals surface area (Å²) in [7, 11) is 0. The molecule has 1 aliphatic rings. The minimum atomic E-state index is -0.528. The van der Waals surface area contributed by atoms with Gasteiger partial charge in [0.2, 0.25) is 11.5 Å². The SMILES string of the molecule is CCn1c(=O)[nH]/c(=N\c2ccc(OC3=CC(O)=NCC3)cc2)n(Cc2ccc(Cl)cc2)c1=O. The number of aliphatic hydroxyl groups excluding tert-OH is 1. The molecule has 0 spiro atoms. The smallest absolute Gasteiger partial charge is 0.335 e. The first-order valence-electron chi connectivity index (χ1n) is 10.4. The maximum Gasteiger partial charge on any atom is 0.335 e. The summed E-state index contributed by atoms with van der Waals surface area (Å²) >= 11 is 5.96. The third-order valence-corrected chi connectivity index (χ3v) is 5.25.